The zero-order valence-corrected chi connectivity index (χ0v) is 18.7. The number of hydrogen-bond acceptors (Lipinski definition) is 3. The van der Waals surface area contributed by atoms with Gasteiger partial charge >= 0.3 is 6.03 Å². The Kier molecular flexibility index (Phi) is 5.93. The van der Waals surface area contributed by atoms with Gasteiger partial charge in [0.1, 0.15) is 12.1 Å². The van der Waals surface area contributed by atoms with E-state index in [0.717, 1.165) is 26.9 Å². The number of rotatable bonds is 7. The van der Waals surface area contributed by atoms with Crippen molar-refractivity contribution in [3.05, 3.63) is 70.9 Å². The van der Waals surface area contributed by atoms with Gasteiger partial charge in [-0.05, 0) is 36.6 Å². The zero-order valence-electron chi connectivity index (χ0n) is 17.9. The van der Waals surface area contributed by atoms with Crippen molar-refractivity contribution in [2.45, 2.75) is 31.7 Å². The molecule has 0 spiro atoms. The van der Waals surface area contributed by atoms with Crippen LogP contribution in [0, 0.1) is 0 Å². The first-order chi connectivity index (χ1) is 15.3. The number of H-pyrrole nitrogens is 1. The number of carbonyl (C=O) groups is 3. The predicted octanol–water partition coefficient (Wildman–Crippen LogP) is 3.79. The molecule has 32 heavy (non-hydrogen) atoms. The van der Waals surface area contributed by atoms with Gasteiger partial charge in [0.05, 0.1) is 0 Å². The molecule has 0 bridgehead atoms. The molecule has 3 aromatic rings. The number of imide groups is 1. The maximum Gasteiger partial charge on any atom is 0.325 e. The molecule has 1 saturated heterocycles. The van der Waals surface area contributed by atoms with E-state index in [2.05, 4.69) is 15.6 Å². The van der Waals surface area contributed by atoms with Crippen LogP contribution in [0.4, 0.5) is 4.79 Å². The number of halogens is 1. The number of amides is 4. The van der Waals surface area contributed by atoms with Gasteiger partial charge in [-0.1, -0.05) is 54.9 Å². The first-order valence-corrected chi connectivity index (χ1v) is 10.9. The van der Waals surface area contributed by atoms with Gasteiger partial charge in [0.25, 0.3) is 5.91 Å². The van der Waals surface area contributed by atoms with Gasteiger partial charge in [-0.25, -0.2) is 4.79 Å². The fourth-order valence-corrected chi connectivity index (χ4v) is 4.34. The lowest BCUT2D eigenvalue weighted by Crippen LogP contribution is -2.45. The maximum atomic E-state index is 12.7. The summed E-state index contributed by atoms with van der Waals surface area (Å²) in [6.45, 7) is 3.41. The molecule has 3 N–H and O–H groups in total. The fraction of sp³-hybridized carbons (Fsp3) is 0.292. The third-order valence-corrected chi connectivity index (χ3v) is 6.48. The molecule has 8 heteroatoms. The number of fused-ring (bicyclic) bond motifs is 1. The van der Waals surface area contributed by atoms with Crippen LogP contribution in [-0.2, 0) is 9.59 Å². The highest BCUT2D eigenvalue weighted by Crippen LogP contribution is 2.34. The van der Waals surface area contributed by atoms with E-state index >= 15 is 0 Å². The highest BCUT2D eigenvalue weighted by Gasteiger charge is 2.47. The standard InChI is InChI=1S/C24H25ClN4O3/c1-3-24(2)22(31)29(23(32)28-24)14-21(30)27-13-17(15-8-4-6-10-19(15)25)18-12-26-20-11-7-5-9-16(18)20/h4-12,17,26H,3,13-14H2,1-2H3,(H,27,30)(H,28,32)/t17-,24+/m1/s1. The van der Waals surface area contributed by atoms with Crippen LogP contribution < -0.4 is 10.6 Å². The molecule has 0 saturated carbocycles. The Morgan fingerprint density at radius 2 is 1.84 bits per heavy atom. The van der Waals surface area contributed by atoms with Crippen LogP contribution in [-0.4, -0.2) is 46.4 Å². The molecule has 2 atom stereocenters. The fourth-order valence-electron chi connectivity index (χ4n) is 4.07. The molecule has 2 aromatic carbocycles. The molecule has 1 aromatic heterocycles. The molecule has 0 aliphatic carbocycles. The topological polar surface area (TPSA) is 94.3 Å². The molecule has 7 nitrogen and oxygen atoms in total. The van der Waals surface area contributed by atoms with Crippen LogP contribution in [0.1, 0.15) is 37.3 Å². The molecular weight excluding hydrogens is 428 g/mol. The van der Waals surface area contributed by atoms with Gasteiger partial charge in [0, 0.05) is 34.6 Å². The SMILES string of the molecule is CC[C@]1(C)NC(=O)N(CC(=O)NC[C@H](c2ccccc2Cl)c2c[nH]c3ccccc23)C1=O. The minimum absolute atomic E-state index is 0.215. The Balaban J connectivity index is 1.55. The molecule has 4 rings (SSSR count). The molecule has 1 fully saturated rings. The van der Waals surface area contributed by atoms with Crippen molar-refractivity contribution in [1.29, 1.82) is 0 Å². The van der Waals surface area contributed by atoms with Gasteiger partial charge in [-0.15, -0.1) is 0 Å². The van der Waals surface area contributed by atoms with Gasteiger partial charge < -0.3 is 15.6 Å². The summed E-state index contributed by atoms with van der Waals surface area (Å²) in [5.41, 5.74) is 1.90. The van der Waals surface area contributed by atoms with Crippen LogP contribution in [0.15, 0.2) is 54.7 Å². The summed E-state index contributed by atoms with van der Waals surface area (Å²) >= 11 is 6.50. The first-order valence-electron chi connectivity index (χ1n) is 10.6. The van der Waals surface area contributed by atoms with Crippen molar-refractivity contribution in [3.8, 4) is 0 Å². The third kappa shape index (κ3) is 3.96. The lowest BCUT2D eigenvalue weighted by Gasteiger charge is -2.21. The Morgan fingerprint density at radius 3 is 2.56 bits per heavy atom. The molecule has 2 heterocycles. The summed E-state index contributed by atoms with van der Waals surface area (Å²) < 4.78 is 0. The Labute approximate surface area is 191 Å². The van der Waals surface area contributed by atoms with Crippen LogP contribution in [0.2, 0.25) is 5.02 Å². The minimum atomic E-state index is -0.971. The maximum absolute atomic E-state index is 12.7. The molecule has 0 radical (unpaired) electrons. The Hall–Kier alpha value is -3.32. The van der Waals surface area contributed by atoms with E-state index in [0.29, 0.717) is 11.4 Å². The number of nitrogens with zero attached hydrogens (tertiary/aromatic N) is 1. The molecule has 1 aliphatic rings. The highest BCUT2D eigenvalue weighted by atomic mass is 35.5. The molecule has 1 aliphatic heterocycles. The molecule has 0 unspecified atom stereocenters. The average Bonchev–Trinajstić information content (AvgIpc) is 3.30. The van der Waals surface area contributed by atoms with Crippen LogP contribution in [0.3, 0.4) is 0 Å². The summed E-state index contributed by atoms with van der Waals surface area (Å²) in [6, 6.07) is 14.9. The second-order valence-electron chi connectivity index (χ2n) is 8.17. The van der Waals surface area contributed by atoms with E-state index in [4.69, 9.17) is 11.6 Å². The van der Waals surface area contributed by atoms with Crippen molar-refractivity contribution in [2.75, 3.05) is 13.1 Å². The first kappa shape index (κ1) is 21.9. The molecular formula is C24H25ClN4O3. The van der Waals surface area contributed by atoms with E-state index in [-0.39, 0.29) is 24.9 Å². The number of hydrogen-bond donors (Lipinski definition) is 3. The van der Waals surface area contributed by atoms with Crippen LogP contribution in [0.25, 0.3) is 10.9 Å². The van der Waals surface area contributed by atoms with Gasteiger partial charge in [0.15, 0.2) is 0 Å². The number of nitrogens with one attached hydrogen (secondary N) is 3. The zero-order chi connectivity index (χ0) is 22.9. The second kappa shape index (κ2) is 8.67. The van der Waals surface area contributed by atoms with Crippen molar-refractivity contribution < 1.29 is 14.4 Å². The predicted molar refractivity (Wildman–Crippen MR) is 124 cm³/mol. The van der Waals surface area contributed by atoms with E-state index in [1.807, 2.05) is 61.7 Å². The second-order valence-corrected chi connectivity index (χ2v) is 8.58. The molecule has 166 valence electrons. The molecule has 4 amide bonds. The summed E-state index contributed by atoms with van der Waals surface area (Å²) in [6.07, 6.45) is 2.37. The Bertz CT molecular complexity index is 1190. The number of carbonyl (C=O) groups excluding carboxylic acids is 3. The number of urea groups is 1. The van der Waals surface area contributed by atoms with Crippen molar-refractivity contribution in [1.82, 2.24) is 20.5 Å². The number of para-hydroxylation sites is 1. The third-order valence-electron chi connectivity index (χ3n) is 6.13. The quantitative estimate of drug-likeness (QED) is 0.476. The minimum Gasteiger partial charge on any atom is -0.361 e. The highest BCUT2D eigenvalue weighted by molar-refractivity contribution is 6.31. The van der Waals surface area contributed by atoms with Crippen molar-refractivity contribution >= 4 is 40.3 Å². The average molecular weight is 453 g/mol. The van der Waals surface area contributed by atoms with Gasteiger partial charge in [-0.2, -0.15) is 0 Å². The lowest BCUT2D eigenvalue weighted by molar-refractivity contribution is -0.134. The number of aromatic nitrogens is 1. The van der Waals surface area contributed by atoms with Crippen molar-refractivity contribution in [2.24, 2.45) is 0 Å². The Morgan fingerprint density at radius 1 is 1.12 bits per heavy atom. The summed E-state index contributed by atoms with van der Waals surface area (Å²) in [5, 5.41) is 7.19. The monoisotopic (exact) mass is 452 g/mol. The van der Waals surface area contributed by atoms with Gasteiger partial charge in [0.2, 0.25) is 5.91 Å². The normalized spacial score (nSPS) is 19.3. The largest absolute Gasteiger partial charge is 0.361 e. The van der Waals surface area contributed by atoms with Crippen LogP contribution in [0.5, 0.6) is 0 Å². The number of aromatic amines is 1. The van der Waals surface area contributed by atoms with E-state index < -0.39 is 17.5 Å². The summed E-state index contributed by atoms with van der Waals surface area (Å²) in [4.78, 5) is 41.8. The van der Waals surface area contributed by atoms with E-state index in [9.17, 15) is 14.4 Å². The van der Waals surface area contributed by atoms with Crippen LogP contribution >= 0.6 is 11.6 Å². The van der Waals surface area contributed by atoms with E-state index in [1.165, 1.54) is 0 Å². The summed E-state index contributed by atoms with van der Waals surface area (Å²) in [7, 11) is 0. The summed E-state index contributed by atoms with van der Waals surface area (Å²) in [5.74, 6) is -1.02. The lowest BCUT2D eigenvalue weighted by atomic mass is 9.90. The van der Waals surface area contributed by atoms with Gasteiger partial charge in [-0.3, -0.25) is 14.5 Å². The number of benzene rings is 2. The van der Waals surface area contributed by atoms with Crippen molar-refractivity contribution in [3.63, 3.8) is 0 Å². The van der Waals surface area contributed by atoms with E-state index in [1.54, 1.807) is 6.92 Å². The smallest absolute Gasteiger partial charge is 0.325 e.